The number of thioether (sulfide) groups is 1. The van der Waals surface area contributed by atoms with Crippen molar-refractivity contribution in [3.63, 3.8) is 0 Å². The molecule has 7 nitrogen and oxygen atoms in total. The minimum absolute atomic E-state index is 0.0208. The molecule has 8 heteroatoms. The van der Waals surface area contributed by atoms with E-state index in [9.17, 15) is 4.79 Å². The average Bonchev–Trinajstić information content (AvgIpc) is 2.80. The van der Waals surface area contributed by atoms with Crippen LogP contribution in [0.5, 0.6) is 0 Å². The molecule has 0 atom stereocenters. The molecule has 160 valence electrons. The number of para-hydroxylation sites is 2. The van der Waals surface area contributed by atoms with E-state index in [1.54, 1.807) is 0 Å². The Morgan fingerprint density at radius 1 is 0.806 bits per heavy atom. The lowest BCUT2D eigenvalue weighted by Gasteiger charge is -2.22. The predicted octanol–water partition coefficient (Wildman–Crippen LogP) is 4.90. The second kappa shape index (κ2) is 10.8. The summed E-state index contributed by atoms with van der Waals surface area (Å²) in [7, 11) is 0. The second-order valence-corrected chi connectivity index (χ2v) is 8.38. The third-order valence-electron chi connectivity index (χ3n) is 4.98. The van der Waals surface area contributed by atoms with Crippen LogP contribution in [0.15, 0.2) is 65.8 Å². The highest BCUT2D eigenvalue weighted by molar-refractivity contribution is 7.99. The van der Waals surface area contributed by atoms with Crippen LogP contribution in [0.1, 0.15) is 32.1 Å². The van der Waals surface area contributed by atoms with Crippen LogP contribution in [0, 0.1) is 0 Å². The lowest BCUT2D eigenvalue weighted by Crippen LogP contribution is -2.37. The minimum atomic E-state index is 0.0208. The number of hydrogen-bond acceptors (Lipinski definition) is 7. The lowest BCUT2D eigenvalue weighted by atomic mass is 9.95. The zero-order valence-electron chi connectivity index (χ0n) is 17.3. The largest absolute Gasteiger partial charge is 0.353 e. The van der Waals surface area contributed by atoms with Gasteiger partial charge in [-0.3, -0.25) is 4.79 Å². The summed E-state index contributed by atoms with van der Waals surface area (Å²) < 4.78 is 0. The average molecular weight is 435 g/mol. The molecule has 1 heterocycles. The van der Waals surface area contributed by atoms with Crippen LogP contribution >= 0.6 is 11.8 Å². The van der Waals surface area contributed by atoms with Gasteiger partial charge in [0.2, 0.25) is 17.8 Å². The van der Waals surface area contributed by atoms with E-state index in [4.69, 9.17) is 0 Å². The van der Waals surface area contributed by atoms with Crippen molar-refractivity contribution in [2.24, 2.45) is 0 Å². The molecule has 0 bridgehead atoms. The van der Waals surface area contributed by atoms with E-state index in [0.717, 1.165) is 24.2 Å². The molecule has 1 saturated carbocycles. The number of nitrogens with one attached hydrogen (secondary N) is 3. The van der Waals surface area contributed by atoms with Gasteiger partial charge in [0.1, 0.15) is 0 Å². The normalized spacial score (nSPS) is 14.1. The Morgan fingerprint density at radius 3 is 1.90 bits per heavy atom. The summed E-state index contributed by atoms with van der Waals surface area (Å²) in [5, 5.41) is 10.0. The van der Waals surface area contributed by atoms with Crippen LogP contribution in [0.2, 0.25) is 0 Å². The SMILES string of the molecule is O=C(CSc1nc(Nc2ccccc2)nc(Nc2ccccc2)n1)NC1CCCCC1. The van der Waals surface area contributed by atoms with Crippen molar-refractivity contribution in [1.82, 2.24) is 20.3 Å². The van der Waals surface area contributed by atoms with Gasteiger partial charge in [-0.25, -0.2) is 0 Å². The first-order chi connectivity index (χ1) is 15.2. The molecule has 0 radical (unpaired) electrons. The summed E-state index contributed by atoms with van der Waals surface area (Å²) in [5.41, 5.74) is 1.76. The van der Waals surface area contributed by atoms with Gasteiger partial charge in [-0.05, 0) is 37.1 Å². The highest BCUT2D eigenvalue weighted by atomic mass is 32.2. The number of hydrogen-bond donors (Lipinski definition) is 3. The molecule has 4 rings (SSSR count). The molecule has 1 aliphatic rings. The number of aromatic nitrogens is 3. The summed E-state index contributed by atoms with van der Waals surface area (Å²) in [6.07, 6.45) is 5.78. The fourth-order valence-electron chi connectivity index (χ4n) is 3.48. The summed E-state index contributed by atoms with van der Waals surface area (Å²) in [5.74, 6) is 1.15. The molecule has 0 saturated heterocycles. The van der Waals surface area contributed by atoms with Crippen molar-refractivity contribution < 1.29 is 4.79 Å². The van der Waals surface area contributed by atoms with E-state index in [2.05, 4.69) is 30.9 Å². The summed E-state index contributed by atoms with van der Waals surface area (Å²) >= 11 is 1.31. The van der Waals surface area contributed by atoms with Crippen LogP contribution in [0.3, 0.4) is 0 Å². The minimum Gasteiger partial charge on any atom is -0.353 e. The maximum Gasteiger partial charge on any atom is 0.233 e. The molecule has 1 aromatic heterocycles. The number of nitrogens with zero attached hydrogens (tertiary/aromatic N) is 3. The molecule has 3 aromatic rings. The molecule has 31 heavy (non-hydrogen) atoms. The number of rotatable bonds is 8. The lowest BCUT2D eigenvalue weighted by molar-refractivity contribution is -0.119. The van der Waals surface area contributed by atoms with Crippen LogP contribution in [0.25, 0.3) is 0 Å². The van der Waals surface area contributed by atoms with Gasteiger partial charge in [0.15, 0.2) is 5.16 Å². The number of benzene rings is 2. The highest BCUT2D eigenvalue weighted by Crippen LogP contribution is 2.22. The Labute approximate surface area is 186 Å². The number of anilines is 4. The molecule has 0 unspecified atom stereocenters. The smallest absolute Gasteiger partial charge is 0.233 e. The fourth-order valence-corrected chi connectivity index (χ4v) is 4.13. The Hall–Kier alpha value is -3.13. The third-order valence-corrected chi connectivity index (χ3v) is 5.82. The van der Waals surface area contributed by atoms with E-state index in [1.165, 1.54) is 31.0 Å². The zero-order chi connectivity index (χ0) is 21.3. The maximum atomic E-state index is 12.4. The van der Waals surface area contributed by atoms with E-state index >= 15 is 0 Å². The Morgan fingerprint density at radius 2 is 1.35 bits per heavy atom. The van der Waals surface area contributed by atoms with Crippen LogP contribution < -0.4 is 16.0 Å². The first kappa shape index (κ1) is 21.1. The molecule has 1 aliphatic carbocycles. The molecule has 2 aromatic carbocycles. The molecule has 3 N–H and O–H groups in total. The predicted molar refractivity (Wildman–Crippen MR) is 125 cm³/mol. The fraction of sp³-hybridized carbons (Fsp3) is 0.304. The summed E-state index contributed by atoms with van der Waals surface area (Å²) in [6.45, 7) is 0. The molecular weight excluding hydrogens is 408 g/mol. The molecule has 1 amide bonds. The van der Waals surface area contributed by atoms with E-state index in [1.807, 2.05) is 60.7 Å². The van der Waals surface area contributed by atoms with Gasteiger partial charge < -0.3 is 16.0 Å². The van der Waals surface area contributed by atoms with Crippen molar-refractivity contribution >= 4 is 40.9 Å². The Kier molecular flexibility index (Phi) is 7.33. The van der Waals surface area contributed by atoms with Crippen molar-refractivity contribution in [3.05, 3.63) is 60.7 Å². The standard InChI is InChI=1S/C23H26N6OS/c30-20(24-17-10-4-1-5-11-17)16-31-23-28-21(25-18-12-6-2-7-13-18)27-22(29-23)26-19-14-8-3-9-15-19/h2-3,6-9,12-15,17H,1,4-5,10-11,16H2,(H,24,30)(H2,25,26,27,28,29). The zero-order valence-corrected chi connectivity index (χ0v) is 18.1. The number of carbonyl (C=O) groups is 1. The van der Waals surface area contributed by atoms with Gasteiger partial charge in [-0.1, -0.05) is 67.4 Å². The summed E-state index contributed by atoms with van der Waals surface area (Å²) in [6, 6.07) is 19.7. The van der Waals surface area contributed by atoms with E-state index < -0.39 is 0 Å². The van der Waals surface area contributed by atoms with Crippen molar-refractivity contribution in [2.75, 3.05) is 16.4 Å². The van der Waals surface area contributed by atoms with Crippen LogP contribution in [0.4, 0.5) is 23.3 Å². The van der Waals surface area contributed by atoms with Crippen LogP contribution in [-0.2, 0) is 4.79 Å². The first-order valence-corrected chi connectivity index (χ1v) is 11.6. The van der Waals surface area contributed by atoms with Gasteiger partial charge in [-0.2, -0.15) is 15.0 Å². The topological polar surface area (TPSA) is 91.8 Å². The monoisotopic (exact) mass is 434 g/mol. The van der Waals surface area contributed by atoms with Crippen molar-refractivity contribution in [3.8, 4) is 0 Å². The first-order valence-electron chi connectivity index (χ1n) is 10.6. The number of carbonyl (C=O) groups excluding carboxylic acids is 1. The number of amides is 1. The van der Waals surface area contributed by atoms with Gasteiger partial charge in [0, 0.05) is 17.4 Å². The maximum absolute atomic E-state index is 12.4. The molecule has 0 spiro atoms. The third kappa shape index (κ3) is 6.68. The van der Waals surface area contributed by atoms with E-state index in [0.29, 0.717) is 23.1 Å². The molecule has 0 aliphatic heterocycles. The van der Waals surface area contributed by atoms with Gasteiger partial charge in [0.05, 0.1) is 5.75 Å². The highest BCUT2D eigenvalue weighted by Gasteiger charge is 2.16. The van der Waals surface area contributed by atoms with Gasteiger partial charge >= 0.3 is 0 Å². The molecule has 1 fully saturated rings. The molecular formula is C23H26N6OS. The Balaban J connectivity index is 1.46. The van der Waals surface area contributed by atoms with Crippen molar-refractivity contribution in [2.45, 2.75) is 43.3 Å². The second-order valence-electron chi connectivity index (χ2n) is 7.44. The van der Waals surface area contributed by atoms with Crippen LogP contribution in [-0.4, -0.2) is 32.7 Å². The van der Waals surface area contributed by atoms with E-state index in [-0.39, 0.29) is 11.7 Å². The quantitative estimate of drug-likeness (QED) is 0.434. The van der Waals surface area contributed by atoms with Crippen molar-refractivity contribution in [1.29, 1.82) is 0 Å². The Bertz CT molecular complexity index is 920. The summed E-state index contributed by atoms with van der Waals surface area (Å²) in [4.78, 5) is 25.9. The van der Waals surface area contributed by atoms with Gasteiger partial charge in [0.25, 0.3) is 0 Å². The van der Waals surface area contributed by atoms with Gasteiger partial charge in [-0.15, -0.1) is 0 Å².